The molecule has 118 valence electrons. The van der Waals surface area contributed by atoms with Crippen molar-refractivity contribution in [2.45, 2.75) is 32.6 Å². The molecule has 0 aromatic heterocycles. The lowest BCUT2D eigenvalue weighted by molar-refractivity contribution is -0.120. The Balaban J connectivity index is 2.79. The molecular formula is C14H23N3O3S. The first-order chi connectivity index (χ1) is 9.63. The van der Waals surface area contributed by atoms with Gasteiger partial charge in [-0.15, -0.1) is 0 Å². The molecule has 1 aromatic rings. The van der Waals surface area contributed by atoms with Gasteiger partial charge in [-0.05, 0) is 43.0 Å². The standard InChI is InChI=1S/C14H23N3O3S/c1-9(2)7-16-14(18)8-17-21(19,20)13-6-11(4)10(3)5-12(13)15/h5-6,9,17H,7-8,15H2,1-4H3,(H,16,18). The molecular weight excluding hydrogens is 290 g/mol. The van der Waals surface area contributed by atoms with Gasteiger partial charge >= 0.3 is 0 Å². The minimum absolute atomic E-state index is 0.00209. The van der Waals surface area contributed by atoms with Gasteiger partial charge in [0.2, 0.25) is 15.9 Å². The smallest absolute Gasteiger partial charge is 0.243 e. The lowest BCUT2D eigenvalue weighted by Gasteiger charge is -2.12. The van der Waals surface area contributed by atoms with E-state index in [9.17, 15) is 13.2 Å². The third-order valence-electron chi connectivity index (χ3n) is 3.05. The molecule has 0 saturated carbocycles. The second-order valence-corrected chi connectivity index (χ2v) is 7.23. The Morgan fingerprint density at radius 2 is 1.81 bits per heavy atom. The van der Waals surface area contributed by atoms with Gasteiger partial charge in [-0.3, -0.25) is 4.79 Å². The molecule has 6 nitrogen and oxygen atoms in total. The van der Waals surface area contributed by atoms with Crippen molar-refractivity contribution in [2.24, 2.45) is 5.92 Å². The van der Waals surface area contributed by atoms with Gasteiger partial charge in [0.1, 0.15) is 4.90 Å². The fraction of sp³-hybridized carbons (Fsp3) is 0.500. The second kappa shape index (κ2) is 6.91. The fourth-order valence-corrected chi connectivity index (χ4v) is 2.84. The van der Waals surface area contributed by atoms with Gasteiger partial charge in [0.05, 0.1) is 12.2 Å². The molecule has 0 radical (unpaired) electrons. The van der Waals surface area contributed by atoms with Crippen molar-refractivity contribution in [3.05, 3.63) is 23.3 Å². The third-order valence-corrected chi connectivity index (χ3v) is 4.50. The number of anilines is 1. The molecule has 0 bridgehead atoms. The molecule has 1 rings (SSSR count). The predicted molar refractivity (Wildman–Crippen MR) is 83.4 cm³/mol. The highest BCUT2D eigenvalue weighted by Gasteiger charge is 2.19. The topological polar surface area (TPSA) is 101 Å². The molecule has 21 heavy (non-hydrogen) atoms. The number of nitrogens with one attached hydrogen (secondary N) is 2. The van der Waals surface area contributed by atoms with Crippen molar-refractivity contribution in [3.63, 3.8) is 0 Å². The van der Waals surface area contributed by atoms with E-state index in [1.165, 1.54) is 6.07 Å². The number of amides is 1. The zero-order valence-electron chi connectivity index (χ0n) is 12.9. The minimum atomic E-state index is -3.80. The van der Waals surface area contributed by atoms with Gasteiger partial charge in [-0.1, -0.05) is 13.8 Å². The SMILES string of the molecule is Cc1cc(N)c(S(=O)(=O)NCC(=O)NCC(C)C)cc1C. The molecule has 4 N–H and O–H groups in total. The molecule has 7 heteroatoms. The van der Waals surface area contributed by atoms with Crippen LogP contribution in [0, 0.1) is 19.8 Å². The molecule has 1 aromatic carbocycles. The molecule has 0 aliphatic heterocycles. The van der Waals surface area contributed by atoms with Gasteiger partial charge in [0.25, 0.3) is 0 Å². The summed E-state index contributed by atoms with van der Waals surface area (Å²) >= 11 is 0. The average Bonchev–Trinajstić information content (AvgIpc) is 2.38. The van der Waals surface area contributed by atoms with Crippen LogP contribution in [-0.2, 0) is 14.8 Å². The number of nitrogen functional groups attached to an aromatic ring is 1. The summed E-state index contributed by atoms with van der Waals surface area (Å²) < 4.78 is 26.6. The maximum absolute atomic E-state index is 12.2. The summed E-state index contributed by atoms with van der Waals surface area (Å²) in [6.07, 6.45) is 0. The molecule has 0 heterocycles. The van der Waals surface area contributed by atoms with Crippen LogP contribution in [0.15, 0.2) is 17.0 Å². The van der Waals surface area contributed by atoms with Crippen molar-refractivity contribution >= 4 is 21.6 Å². The summed E-state index contributed by atoms with van der Waals surface area (Å²) in [7, 11) is -3.80. The summed E-state index contributed by atoms with van der Waals surface area (Å²) in [5.74, 6) is -0.0596. The molecule has 0 saturated heterocycles. The largest absolute Gasteiger partial charge is 0.398 e. The number of benzene rings is 1. The second-order valence-electron chi connectivity index (χ2n) is 5.50. The Morgan fingerprint density at radius 1 is 1.24 bits per heavy atom. The Bertz CT molecular complexity index is 625. The first-order valence-corrected chi connectivity index (χ1v) is 8.25. The van der Waals surface area contributed by atoms with E-state index < -0.39 is 10.0 Å². The van der Waals surface area contributed by atoms with Crippen LogP contribution in [0.5, 0.6) is 0 Å². The Hall–Kier alpha value is -1.60. The maximum atomic E-state index is 12.2. The van der Waals surface area contributed by atoms with Crippen LogP contribution in [0.25, 0.3) is 0 Å². The zero-order chi connectivity index (χ0) is 16.2. The maximum Gasteiger partial charge on any atom is 0.243 e. The number of hydrogen-bond donors (Lipinski definition) is 3. The summed E-state index contributed by atoms with van der Waals surface area (Å²) in [4.78, 5) is 11.6. The van der Waals surface area contributed by atoms with Gasteiger partial charge in [0.15, 0.2) is 0 Å². The van der Waals surface area contributed by atoms with Gasteiger partial charge in [-0.2, -0.15) is 0 Å². The Kier molecular flexibility index (Phi) is 5.74. The highest BCUT2D eigenvalue weighted by atomic mass is 32.2. The van der Waals surface area contributed by atoms with Crippen LogP contribution in [0.3, 0.4) is 0 Å². The molecule has 0 aliphatic carbocycles. The number of nitrogens with two attached hydrogens (primary N) is 1. The highest BCUT2D eigenvalue weighted by Crippen LogP contribution is 2.22. The average molecular weight is 313 g/mol. The van der Waals surface area contributed by atoms with Crippen molar-refractivity contribution in [1.29, 1.82) is 0 Å². The lowest BCUT2D eigenvalue weighted by Crippen LogP contribution is -2.38. The van der Waals surface area contributed by atoms with Gasteiger partial charge < -0.3 is 11.1 Å². The van der Waals surface area contributed by atoms with E-state index in [1.54, 1.807) is 6.07 Å². The summed E-state index contributed by atoms with van der Waals surface area (Å²) in [5, 5.41) is 2.64. The van der Waals surface area contributed by atoms with Crippen LogP contribution in [0.4, 0.5) is 5.69 Å². The summed E-state index contributed by atoms with van der Waals surface area (Å²) in [6.45, 7) is 7.78. The Morgan fingerprint density at radius 3 is 2.38 bits per heavy atom. The van der Waals surface area contributed by atoms with Crippen LogP contribution < -0.4 is 15.8 Å². The van der Waals surface area contributed by atoms with Crippen molar-refractivity contribution in [1.82, 2.24) is 10.0 Å². The van der Waals surface area contributed by atoms with Crippen molar-refractivity contribution in [3.8, 4) is 0 Å². The van der Waals surface area contributed by atoms with Crippen LogP contribution in [0.2, 0.25) is 0 Å². The number of carbonyl (C=O) groups is 1. The van der Waals surface area contributed by atoms with Crippen LogP contribution in [0.1, 0.15) is 25.0 Å². The molecule has 1 amide bonds. The fourth-order valence-electron chi connectivity index (χ4n) is 1.66. The number of hydrogen-bond acceptors (Lipinski definition) is 4. The zero-order valence-corrected chi connectivity index (χ0v) is 13.7. The molecule has 0 spiro atoms. The van der Waals surface area contributed by atoms with E-state index in [4.69, 9.17) is 5.73 Å². The Labute approximate surface area is 126 Å². The van der Waals surface area contributed by atoms with Gasteiger partial charge in [0, 0.05) is 6.54 Å². The van der Waals surface area contributed by atoms with E-state index in [0.29, 0.717) is 12.5 Å². The first kappa shape index (κ1) is 17.5. The lowest BCUT2D eigenvalue weighted by atomic mass is 10.1. The normalized spacial score (nSPS) is 11.7. The van der Waals surface area contributed by atoms with E-state index in [-0.39, 0.29) is 23.0 Å². The van der Waals surface area contributed by atoms with E-state index >= 15 is 0 Å². The predicted octanol–water partition coefficient (Wildman–Crippen LogP) is 0.936. The van der Waals surface area contributed by atoms with E-state index in [1.807, 2.05) is 27.7 Å². The highest BCUT2D eigenvalue weighted by molar-refractivity contribution is 7.89. The molecule has 0 aliphatic rings. The monoisotopic (exact) mass is 313 g/mol. The third kappa shape index (κ3) is 5.02. The molecule has 0 unspecified atom stereocenters. The summed E-state index contributed by atoms with van der Waals surface area (Å²) in [5.41, 5.74) is 7.68. The van der Waals surface area contributed by atoms with Gasteiger partial charge in [-0.25, -0.2) is 13.1 Å². The van der Waals surface area contributed by atoms with Crippen molar-refractivity contribution < 1.29 is 13.2 Å². The number of aryl methyl sites for hydroxylation is 2. The van der Waals surface area contributed by atoms with E-state index in [0.717, 1.165) is 11.1 Å². The van der Waals surface area contributed by atoms with Crippen LogP contribution in [-0.4, -0.2) is 27.4 Å². The molecule has 0 atom stereocenters. The first-order valence-electron chi connectivity index (χ1n) is 6.76. The number of sulfonamides is 1. The molecule has 0 fully saturated rings. The van der Waals surface area contributed by atoms with Crippen molar-refractivity contribution in [2.75, 3.05) is 18.8 Å². The number of rotatable bonds is 6. The van der Waals surface area contributed by atoms with Crippen LogP contribution >= 0.6 is 0 Å². The number of carbonyl (C=O) groups excluding carboxylic acids is 1. The van der Waals surface area contributed by atoms with E-state index in [2.05, 4.69) is 10.0 Å². The summed E-state index contributed by atoms with van der Waals surface area (Å²) in [6, 6.07) is 3.13. The quantitative estimate of drug-likeness (QED) is 0.680. The minimum Gasteiger partial charge on any atom is -0.398 e.